The van der Waals surface area contributed by atoms with Crippen LogP contribution in [0.4, 0.5) is 10.6 Å². The minimum absolute atomic E-state index is 0.00253. The number of para-hydroxylation sites is 1. The molecule has 0 radical (unpaired) electrons. The number of benzene rings is 1. The molecule has 1 aromatic heterocycles. The first-order valence-electron chi connectivity index (χ1n) is 6.34. The number of imide groups is 1. The van der Waals surface area contributed by atoms with Crippen LogP contribution in [-0.2, 0) is 9.59 Å². The maximum atomic E-state index is 12.0. The number of likely N-dealkylation sites (N-methyl/N-ethyl adjacent to an activating group) is 1. The summed E-state index contributed by atoms with van der Waals surface area (Å²) in [6.45, 7) is -0.319. The first kappa shape index (κ1) is 13.1. The Hall–Kier alpha value is -2.90. The summed E-state index contributed by atoms with van der Waals surface area (Å²) in [5.74, 6) is -0.475. The molecule has 2 heterocycles. The van der Waals surface area contributed by atoms with Crippen LogP contribution < -0.4 is 5.32 Å². The molecule has 1 aliphatic heterocycles. The Kier molecular flexibility index (Phi) is 3.05. The third-order valence-electron chi connectivity index (χ3n) is 3.26. The highest BCUT2D eigenvalue weighted by molar-refractivity contribution is 6.07. The Morgan fingerprint density at radius 1 is 1.38 bits per heavy atom. The zero-order valence-corrected chi connectivity index (χ0v) is 11.3. The van der Waals surface area contributed by atoms with E-state index >= 15 is 0 Å². The third-order valence-corrected chi connectivity index (χ3v) is 3.26. The first-order valence-corrected chi connectivity index (χ1v) is 6.34. The smallest absolute Gasteiger partial charge is 0.318 e. The van der Waals surface area contributed by atoms with Gasteiger partial charge in [0.2, 0.25) is 5.91 Å². The fraction of sp³-hybridized carbons (Fsp3) is 0.231. The molecule has 2 N–H and O–H groups in total. The molecule has 0 atom stereocenters. The monoisotopic (exact) mass is 287 g/mol. The number of carbonyl (C=O) groups is 3. The van der Waals surface area contributed by atoms with Crippen molar-refractivity contribution < 1.29 is 14.4 Å². The Labute approximate surface area is 119 Å². The third kappa shape index (κ3) is 2.31. The summed E-state index contributed by atoms with van der Waals surface area (Å²) >= 11 is 0. The quantitative estimate of drug-likeness (QED) is 0.798. The lowest BCUT2D eigenvalue weighted by molar-refractivity contribution is -0.129. The second kappa shape index (κ2) is 4.89. The van der Waals surface area contributed by atoms with Gasteiger partial charge in [-0.3, -0.25) is 19.6 Å². The minimum Gasteiger partial charge on any atom is -0.318 e. The van der Waals surface area contributed by atoms with Crippen molar-refractivity contribution in [2.24, 2.45) is 0 Å². The maximum Gasteiger partial charge on any atom is 0.327 e. The van der Waals surface area contributed by atoms with Crippen LogP contribution in [0.5, 0.6) is 0 Å². The summed E-state index contributed by atoms with van der Waals surface area (Å²) in [7, 11) is 1.51. The van der Waals surface area contributed by atoms with Crippen molar-refractivity contribution in [2.45, 2.75) is 0 Å². The lowest BCUT2D eigenvalue weighted by atomic mass is 10.2. The van der Waals surface area contributed by atoms with Crippen molar-refractivity contribution in [1.29, 1.82) is 0 Å². The predicted molar refractivity (Wildman–Crippen MR) is 74.5 cm³/mol. The van der Waals surface area contributed by atoms with Gasteiger partial charge in [0.25, 0.3) is 5.91 Å². The molecule has 0 bridgehead atoms. The van der Waals surface area contributed by atoms with Crippen LogP contribution in [0.25, 0.3) is 10.9 Å². The molecule has 21 heavy (non-hydrogen) atoms. The van der Waals surface area contributed by atoms with E-state index in [-0.39, 0.29) is 19.0 Å². The van der Waals surface area contributed by atoms with Gasteiger partial charge in [0.05, 0.1) is 5.52 Å². The zero-order chi connectivity index (χ0) is 15.0. The molecule has 0 saturated carbocycles. The summed E-state index contributed by atoms with van der Waals surface area (Å²) in [5, 5.41) is 10.2. The zero-order valence-electron chi connectivity index (χ0n) is 11.3. The van der Waals surface area contributed by atoms with E-state index in [9.17, 15) is 14.4 Å². The molecular formula is C13H13N5O3. The largest absolute Gasteiger partial charge is 0.327 e. The number of nitrogens with zero attached hydrogens (tertiary/aromatic N) is 3. The Bertz CT molecular complexity index is 738. The van der Waals surface area contributed by atoms with E-state index in [1.54, 1.807) is 0 Å². The Morgan fingerprint density at radius 3 is 2.86 bits per heavy atom. The van der Waals surface area contributed by atoms with Crippen molar-refractivity contribution in [3.05, 3.63) is 24.3 Å². The van der Waals surface area contributed by atoms with E-state index in [1.165, 1.54) is 11.9 Å². The summed E-state index contributed by atoms with van der Waals surface area (Å²) in [5.41, 5.74) is 0.792. The number of urea groups is 1. The number of aromatic amines is 1. The minimum atomic E-state index is -0.470. The van der Waals surface area contributed by atoms with Crippen molar-refractivity contribution in [3.63, 3.8) is 0 Å². The molecule has 4 amide bonds. The average molecular weight is 287 g/mol. The highest BCUT2D eigenvalue weighted by atomic mass is 16.2. The fourth-order valence-electron chi connectivity index (χ4n) is 2.20. The summed E-state index contributed by atoms with van der Waals surface area (Å²) in [6, 6.07) is 6.86. The van der Waals surface area contributed by atoms with Gasteiger partial charge in [-0.1, -0.05) is 12.1 Å². The molecule has 1 aromatic carbocycles. The van der Waals surface area contributed by atoms with Gasteiger partial charge >= 0.3 is 6.03 Å². The number of hydrogen-bond donors (Lipinski definition) is 2. The van der Waals surface area contributed by atoms with Crippen LogP contribution in [0, 0.1) is 0 Å². The van der Waals surface area contributed by atoms with E-state index < -0.39 is 11.9 Å². The van der Waals surface area contributed by atoms with Gasteiger partial charge in [0, 0.05) is 12.4 Å². The van der Waals surface area contributed by atoms with E-state index in [2.05, 4.69) is 15.5 Å². The molecule has 8 nitrogen and oxygen atoms in total. The van der Waals surface area contributed by atoms with Crippen molar-refractivity contribution in [3.8, 4) is 0 Å². The van der Waals surface area contributed by atoms with Gasteiger partial charge < -0.3 is 10.2 Å². The van der Waals surface area contributed by atoms with Crippen molar-refractivity contribution in [2.75, 3.05) is 25.5 Å². The molecule has 1 saturated heterocycles. The highest BCUT2D eigenvalue weighted by Gasteiger charge is 2.34. The molecule has 3 rings (SSSR count). The van der Waals surface area contributed by atoms with E-state index in [0.29, 0.717) is 5.82 Å². The predicted octanol–water partition coefficient (Wildman–Crippen LogP) is 0.395. The van der Waals surface area contributed by atoms with Crippen LogP contribution in [0.2, 0.25) is 0 Å². The number of anilines is 1. The molecule has 1 aliphatic rings. The SMILES string of the molecule is CN1CC(=O)N(CC(=O)Nc2n[nH]c3ccccc23)C1=O. The van der Waals surface area contributed by atoms with Crippen LogP contribution in [0.1, 0.15) is 0 Å². The van der Waals surface area contributed by atoms with Crippen LogP contribution in [0.15, 0.2) is 24.3 Å². The van der Waals surface area contributed by atoms with E-state index in [4.69, 9.17) is 0 Å². The summed E-state index contributed by atoms with van der Waals surface area (Å²) in [4.78, 5) is 37.5. The van der Waals surface area contributed by atoms with Gasteiger partial charge in [-0.25, -0.2) is 4.79 Å². The number of nitrogens with one attached hydrogen (secondary N) is 2. The van der Waals surface area contributed by atoms with Gasteiger partial charge in [-0.2, -0.15) is 5.10 Å². The second-order valence-electron chi connectivity index (χ2n) is 4.78. The first-order chi connectivity index (χ1) is 10.1. The molecule has 8 heteroatoms. The molecule has 0 aliphatic carbocycles. The van der Waals surface area contributed by atoms with Crippen LogP contribution in [-0.4, -0.2) is 58.0 Å². The topological polar surface area (TPSA) is 98.4 Å². The Morgan fingerprint density at radius 2 is 2.14 bits per heavy atom. The lowest BCUT2D eigenvalue weighted by Crippen LogP contribution is -2.38. The number of amides is 4. The van der Waals surface area contributed by atoms with E-state index in [0.717, 1.165) is 15.8 Å². The number of fused-ring (bicyclic) bond motifs is 1. The van der Waals surface area contributed by atoms with Gasteiger partial charge in [0.1, 0.15) is 13.1 Å². The molecular weight excluding hydrogens is 274 g/mol. The lowest BCUT2D eigenvalue weighted by Gasteiger charge is -2.13. The van der Waals surface area contributed by atoms with Crippen molar-refractivity contribution in [1.82, 2.24) is 20.0 Å². The molecule has 0 spiro atoms. The molecule has 2 aromatic rings. The molecule has 108 valence electrons. The second-order valence-corrected chi connectivity index (χ2v) is 4.78. The summed E-state index contributed by atoms with van der Waals surface area (Å²) < 4.78 is 0. The molecule has 0 unspecified atom stereocenters. The number of aromatic nitrogens is 2. The summed E-state index contributed by atoms with van der Waals surface area (Å²) in [6.07, 6.45) is 0. The van der Waals surface area contributed by atoms with Gasteiger partial charge in [-0.05, 0) is 12.1 Å². The Balaban J connectivity index is 1.72. The standard InChI is InChI=1S/C13H13N5O3/c1-17-7-11(20)18(13(17)21)6-10(19)14-12-8-4-2-3-5-9(8)15-16-12/h2-5H,6-7H2,1H3,(H2,14,15,16,19). The molecule has 1 fully saturated rings. The average Bonchev–Trinajstić information content (AvgIpc) is 2.96. The number of H-pyrrole nitrogens is 1. The maximum absolute atomic E-state index is 12.0. The number of hydrogen-bond acceptors (Lipinski definition) is 4. The fourth-order valence-corrected chi connectivity index (χ4v) is 2.20. The normalized spacial score (nSPS) is 15.1. The van der Waals surface area contributed by atoms with Crippen LogP contribution >= 0.6 is 0 Å². The number of rotatable bonds is 3. The highest BCUT2D eigenvalue weighted by Crippen LogP contribution is 2.19. The van der Waals surface area contributed by atoms with Crippen molar-refractivity contribution >= 4 is 34.6 Å². The van der Waals surface area contributed by atoms with Gasteiger partial charge in [0.15, 0.2) is 5.82 Å². The number of carbonyl (C=O) groups excluding carboxylic acids is 3. The van der Waals surface area contributed by atoms with E-state index in [1.807, 2.05) is 24.3 Å². The van der Waals surface area contributed by atoms with Gasteiger partial charge in [-0.15, -0.1) is 0 Å². The van der Waals surface area contributed by atoms with Crippen LogP contribution in [0.3, 0.4) is 0 Å².